The number of benzene rings is 1. The van der Waals surface area contributed by atoms with Crippen LogP contribution in [-0.4, -0.2) is 38.9 Å². The van der Waals surface area contributed by atoms with Crippen LogP contribution in [0.4, 0.5) is 5.69 Å². The van der Waals surface area contributed by atoms with Crippen LogP contribution < -0.4 is 10.0 Å². The van der Waals surface area contributed by atoms with E-state index in [9.17, 15) is 8.42 Å². The van der Waals surface area contributed by atoms with Gasteiger partial charge in [-0.05, 0) is 36.8 Å². The molecule has 0 bridgehead atoms. The van der Waals surface area contributed by atoms with Gasteiger partial charge < -0.3 is 4.90 Å². The summed E-state index contributed by atoms with van der Waals surface area (Å²) in [5.74, 6) is 0.555. The highest BCUT2D eigenvalue weighted by molar-refractivity contribution is 7.86. The summed E-state index contributed by atoms with van der Waals surface area (Å²) in [6, 6.07) is 8.55. The van der Waals surface area contributed by atoms with Crippen LogP contribution in [0.2, 0.25) is 0 Å². The second-order valence-electron chi connectivity index (χ2n) is 5.71. The van der Waals surface area contributed by atoms with E-state index in [4.69, 9.17) is 5.14 Å². The summed E-state index contributed by atoms with van der Waals surface area (Å²) in [6.45, 7) is 3.21. The van der Waals surface area contributed by atoms with E-state index in [-0.39, 0.29) is 0 Å². The van der Waals surface area contributed by atoms with Gasteiger partial charge >= 0.3 is 0 Å². The highest BCUT2D eigenvalue weighted by Crippen LogP contribution is 2.30. The van der Waals surface area contributed by atoms with Crippen molar-refractivity contribution in [2.75, 3.05) is 31.1 Å². The lowest BCUT2D eigenvalue weighted by Gasteiger charge is -2.33. The molecule has 2 N–H and O–H groups in total. The predicted octanol–water partition coefficient (Wildman–Crippen LogP) is 0.965. The van der Waals surface area contributed by atoms with Gasteiger partial charge in [0.2, 0.25) is 0 Å². The normalized spacial score (nSPS) is 21.1. The van der Waals surface area contributed by atoms with E-state index >= 15 is 0 Å². The molecule has 1 aromatic rings. The second-order valence-corrected chi connectivity index (χ2v) is 7.26. The molecule has 0 unspecified atom stereocenters. The van der Waals surface area contributed by atoms with Crippen LogP contribution in [0.3, 0.4) is 0 Å². The third kappa shape index (κ3) is 2.82. The smallest absolute Gasteiger partial charge is 0.276 e. The second kappa shape index (κ2) is 5.35. The first-order valence-corrected chi connectivity index (χ1v) is 8.65. The number of hydrogen-bond acceptors (Lipinski definition) is 3. The molecule has 3 rings (SSSR count). The molecule has 1 saturated heterocycles. The number of nitrogens with two attached hydrogens (primary N) is 1. The first kappa shape index (κ1) is 13.9. The number of fused-ring (bicyclic) bond motifs is 1. The van der Waals surface area contributed by atoms with Crippen molar-refractivity contribution in [3.63, 3.8) is 0 Å². The van der Waals surface area contributed by atoms with Crippen molar-refractivity contribution in [3.8, 4) is 0 Å². The Kier molecular flexibility index (Phi) is 3.70. The maximum atomic E-state index is 11.3. The minimum absolute atomic E-state index is 0.555. The maximum Gasteiger partial charge on any atom is 0.276 e. The Balaban J connectivity index is 1.59. The third-order valence-electron chi connectivity index (χ3n) is 4.40. The highest BCUT2D eigenvalue weighted by atomic mass is 32.2. The average Bonchev–Trinajstić information content (AvgIpc) is 2.82. The van der Waals surface area contributed by atoms with Crippen molar-refractivity contribution in [2.45, 2.75) is 19.3 Å². The molecule has 5 nitrogen and oxygen atoms in total. The van der Waals surface area contributed by atoms with Crippen molar-refractivity contribution in [1.29, 1.82) is 0 Å². The molecular formula is C14H21N3O2S. The molecule has 0 aliphatic carbocycles. The molecule has 0 atom stereocenters. The SMILES string of the molecule is NS(=O)(=O)N1CCC(CN2CCc3ccccc32)CC1. The van der Waals surface area contributed by atoms with Gasteiger partial charge in [-0.3, -0.25) is 0 Å². The molecule has 0 spiro atoms. The Morgan fingerprint density at radius 2 is 1.85 bits per heavy atom. The van der Waals surface area contributed by atoms with E-state index < -0.39 is 10.2 Å². The van der Waals surface area contributed by atoms with Crippen molar-refractivity contribution in [3.05, 3.63) is 29.8 Å². The van der Waals surface area contributed by atoms with Crippen LogP contribution in [0.5, 0.6) is 0 Å². The van der Waals surface area contributed by atoms with Gasteiger partial charge in [0, 0.05) is 31.9 Å². The molecule has 2 aliphatic rings. The van der Waals surface area contributed by atoms with Gasteiger partial charge in [-0.25, -0.2) is 5.14 Å². The molecule has 2 heterocycles. The van der Waals surface area contributed by atoms with Crippen molar-refractivity contribution in [1.82, 2.24) is 4.31 Å². The van der Waals surface area contributed by atoms with Gasteiger partial charge in [0.1, 0.15) is 0 Å². The summed E-state index contributed by atoms with van der Waals surface area (Å²) in [7, 11) is -3.51. The number of nitrogens with zero attached hydrogens (tertiary/aromatic N) is 2. The fraction of sp³-hybridized carbons (Fsp3) is 0.571. The monoisotopic (exact) mass is 295 g/mol. The Hall–Kier alpha value is -1.11. The topological polar surface area (TPSA) is 66.6 Å². The van der Waals surface area contributed by atoms with Crippen LogP contribution in [0.25, 0.3) is 0 Å². The lowest BCUT2D eigenvalue weighted by atomic mass is 9.97. The van der Waals surface area contributed by atoms with Crippen LogP contribution in [-0.2, 0) is 16.6 Å². The highest BCUT2D eigenvalue weighted by Gasteiger charge is 2.28. The lowest BCUT2D eigenvalue weighted by Crippen LogP contribution is -2.44. The summed E-state index contributed by atoms with van der Waals surface area (Å²) in [5.41, 5.74) is 2.77. The Morgan fingerprint density at radius 3 is 2.55 bits per heavy atom. The maximum absolute atomic E-state index is 11.3. The molecule has 6 heteroatoms. The van der Waals surface area contributed by atoms with E-state index in [1.54, 1.807) is 0 Å². The largest absolute Gasteiger partial charge is 0.371 e. The minimum Gasteiger partial charge on any atom is -0.371 e. The molecule has 1 fully saturated rings. The molecule has 20 heavy (non-hydrogen) atoms. The van der Waals surface area contributed by atoms with E-state index in [1.165, 1.54) is 15.6 Å². The van der Waals surface area contributed by atoms with Gasteiger partial charge in [-0.1, -0.05) is 18.2 Å². The molecule has 0 radical (unpaired) electrons. The molecule has 0 saturated carbocycles. The summed E-state index contributed by atoms with van der Waals surface area (Å²) < 4.78 is 24.0. The Labute approximate surface area is 120 Å². The first-order valence-electron chi connectivity index (χ1n) is 7.15. The van der Waals surface area contributed by atoms with Crippen molar-refractivity contribution in [2.24, 2.45) is 11.1 Å². The van der Waals surface area contributed by atoms with Gasteiger partial charge in [0.25, 0.3) is 10.2 Å². The lowest BCUT2D eigenvalue weighted by molar-refractivity contribution is 0.276. The molecule has 110 valence electrons. The van der Waals surface area contributed by atoms with E-state index in [1.807, 2.05) is 0 Å². The number of piperidine rings is 1. The minimum atomic E-state index is -3.51. The zero-order valence-electron chi connectivity index (χ0n) is 11.5. The van der Waals surface area contributed by atoms with Crippen LogP contribution in [0.1, 0.15) is 18.4 Å². The quantitative estimate of drug-likeness (QED) is 0.903. The fourth-order valence-electron chi connectivity index (χ4n) is 3.25. The fourth-order valence-corrected chi connectivity index (χ4v) is 3.97. The molecule has 0 amide bonds. The standard InChI is InChI=1S/C14H21N3O2S/c15-20(18,19)17-9-5-12(6-10-17)11-16-8-7-13-3-1-2-4-14(13)16/h1-4,12H,5-11H2,(H2,15,18,19). The number of hydrogen-bond donors (Lipinski definition) is 1. The summed E-state index contributed by atoms with van der Waals surface area (Å²) in [4.78, 5) is 2.44. The molecule has 0 aromatic heterocycles. The third-order valence-corrected chi connectivity index (χ3v) is 5.48. The van der Waals surface area contributed by atoms with E-state index in [0.29, 0.717) is 19.0 Å². The van der Waals surface area contributed by atoms with E-state index in [2.05, 4.69) is 29.2 Å². The molecule has 1 aromatic carbocycles. The van der Waals surface area contributed by atoms with Gasteiger partial charge in [-0.15, -0.1) is 0 Å². The zero-order chi connectivity index (χ0) is 14.2. The number of para-hydroxylation sites is 1. The van der Waals surface area contributed by atoms with Crippen molar-refractivity contribution >= 4 is 15.9 Å². The van der Waals surface area contributed by atoms with Crippen molar-refractivity contribution < 1.29 is 8.42 Å². The Bertz CT molecular complexity index is 580. The first-order chi connectivity index (χ1) is 9.54. The van der Waals surface area contributed by atoms with E-state index in [0.717, 1.165) is 32.4 Å². The van der Waals surface area contributed by atoms with Gasteiger partial charge in [0.15, 0.2) is 0 Å². The summed E-state index contributed by atoms with van der Waals surface area (Å²) in [5, 5.41) is 5.17. The van der Waals surface area contributed by atoms with Crippen LogP contribution in [0.15, 0.2) is 24.3 Å². The van der Waals surface area contributed by atoms with Crippen LogP contribution >= 0.6 is 0 Å². The summed E-state index contributed by atoms with van der Waals surface area (Å²) in [6.07, 6.45) is 2.91. The zero-order valence-corrected chi connectivity index (χ0v) is 12.3. The van der Waals surface area contributed by atoms with Crippen LogP contribution in [0, 0.1) is 5.92 Å². The number of anilines is 1. The average molecular weight is 295 g/mol. The Morgan fingerprint density at radius 1 is 1.15 bits per heavy atom. The summed E-state index contributed by atoms with van der Waals surface area (Å²) >= 11 is 0. The van der Waals surface area contributed by atoms with Gasteiger partial charge in [0.05, 0.1) is 0 Å². The molecular weight excluding hydrogens is 274 g/mol. The molecule has 2 aliphatic heterocycles. The number of rotatable bonds is 3. The predicted molar refractivity (Wildman–Crippen MR) is 79.8 cm³/mol. The van der Waals surface area contributed by atoms with Gasteiger partial charge in [-0.2, -0.15) is 12.7 Å².